The van der Waals surface area contributed by atoms with Crippen molar-refractivity contribution in [2.45, 2.75) is 20.3 Å². The molecule has 0 aliphatic heterocycles. The summed E-state index contributed by atoms with van der Waals surface area (Å²) < 4.78 is 32.1. The highest BCUT2D eigenvalue weighted by atomic mass is 35.5. The Bertz CT molecular complexity index is 1270. The Kier molecular flexibility index (Phi) is 5.92. The van der Waals surface area contributed by atoms with E-state index in [-0.39, 0.29) is 11.0 Å². The number of rotatable bonds is 9. The predicted molar refractivity (Wildman–Crippen MR) is 124 cm³/mol. The number of likely N-dealkylation sites (N-methyl/N-ethyl adjacent to an activating group) is 1. The molecule has 4 rings (SSSR count). The highest BCUT2D eigenvalue weighted by Gasteiger charge is 2.18. The number of hydrogen-bond donors (Lipinski definition) is 3. The Balaban J connectivity index is 1.55. The Hall–Kier alpha value is -2.27. The van der Waals surface area contributed by atoms with E-state index in [0.717, 1.165) is 42.5 Å². The number of hydrogen-bond acceptors (Lipinski definition) is 5. The minimum absolute atomic E-state index is 0.104. The van der Waals surface area contributed by atoms with Gasteiger partial charge in [0.25, 0.3) is 0 Å². The second kappa shape index (κ2) is 8.46. The van der Waals surface area contributed by atoms with Crippen molar-refractivity contribution in [2.75, 3.05) is 29.1 Å². The van der Waals surface area contributed by atoms with Crippen LogP contribution in [-0.4, -0.2) is 47.3 Å². The third-order valence-electron chi connectivity index (χ3n) is 5.06. The van der Waals surface area contributed by atoms with Crippen molar-refractivity contribution in [3.8, 4) is 0 Å². The molecule has 1 aromatic carbocycles. The first kappa shape index (κ1) is 21.0. The maximum absolute atomic E-state index is 12.7. The van der Waals surface area contributed by atoms with Crippen molar-refractivity contribution in [2.24, 2.45) is 0 Å². The summed E-state index contributed by atoms with van der Waals surface area (Å²) in [5.41, 5.74) is 2.60. The lowest BCUT2D eigenvalue weighted by molar-refractivity contribution is 0.308. The van der Waals surface area contributed by atoms with Crippen LogP contribution in [0.2, 0.25) is 5.15 Å². The summed E-state index contributed by atoms with van der Waals surface area (Å²) in [7, 11) is -3.91. The van der Waals surface area contributed by atoms with Gasteiger partial charge in [-0.05, 0) is 43.3 Å². The van der Waals surface area contributed by atoms with Gasteiger partial charge in [-0.25, -0.2) is 9.71 Å². The van der Waals surface area contributed by atoms with Crippen molar-refractivity contribution in [3.63, 3.8) is 0 Å². The van der Waals surface area contributed by atoms with E-state index in [4.69, 9.17) is 11.6 Å². The molecule has 0 saturated heterocycles. The van der Waals surface area contributed by atoms with Gasteiger partial charge in [0.1, 0.15) is 0 Å². The molecular weight excluding hydrogens is 444 g/mol. The molecule has 0 fully saturated rings. The summed E-state index contributed by atoms with van der Waals surface area (Å²) in [5, 5.41) is 2.92. The van der Waals surface area contributed by atoms with E-state index < -0.39 is 10.2 Å². The molecule has 4 aromatic rings. The number of nitrogens with one attached hydrogen (secondary N) is 3. The summed E-state index contributed by atoms with van der Waals surface area (Å²) in [5.74, 6) is 0.211. The molecule has 3 N–H and O–H groups in total. The first-order valence-electron chi connectivity index (χ1n) is 9.64. The maximum atomic E-state index is 12.7. The average molecular weight is 467 g/mol. The summed E-state index contributed by atoms with van der Waals surface area (Å²) in [6, 6.07) is 5.45. The molecule has 0 bridgehead atoms. The fourth-order valence-electron chi connectivity index (χ4n) is 3.43. The first-order valence-corrected chi connectivity index (χ1v) is 12.4. The van der Waals surface area contributed by atoms with E-state index in [1.54, 1.807) is 16.7 Å². The van der Waals surface area contributed by atoms with Crippen molar-refractivity contribution in [1.82, 2.24) is 19.3 Å². The van der Waals surface area contributed by atoms with E-state index in [1.807, 2.05) is 23.7 Å². The van der Waals surface area contributed by atoms with Gasteiger partial charge in [-0.1, -0.05) is 25.4 Å². The maximum Gasteiger partial charge on any atom is 0.322 e. The topological polar surface area (TPSA) is 94.5 Å². The number of H-pyrrole nitrogens is 1. The third-order valence-corrected chi connectivity index (χ3v) is 7.05. The Morgan fingerprint density at radius 3 is 2.83 bits per heavy atom. The fourth-order valence-corrected chi connectivity index (χ4v) is 5.40. The van der Waals surface area contributed by atoms with Crippen LogP contribution in [-0.2, 0) is 16.6 Å². The lowest BCUT2D eigenvalue weighted by atomic mass is 10.1. The van der Waals surface area contributed by atoms with Crippen LogP contribution in [0.1, 0.15) is 19.4 Å². The highest BCUT2D eigenvalue weighted by molar-refractivity contribution is 7.94. The number of aromatic nitrogens is 3. The number of halogens is 1. The number of imidazole rings is 1. The molecule has 0 aliphatic carbocycles. The number of aromatic amines is 1. The lowest BCUT2D eigenvalue weighted by Gasteiger charge is -2.17. The van der Waals surface area contributed by atoms with E-state index in [1.165, 1.54) is 11.3 Å². The number of fused-ring (bicyclic) bond motifs is 2. The van der Waals surface area contributed by atoms with Crippen molar-refractivity contribution in [3.05, 3.63) is 46.7 Å². The monoisotopic (exact) mass is 466 g/mol. The van der Waals surface area contributed by atoms with Crippen molar-refractivity contribution < 1.29 is 8.42 Å². The second-order valence-corrected chi connectivity index (χ2v) is 9.51. The van der Waals surface area contributed by atoms with Crippen LogP contribution in [0, 0.1) is 0 Å². The summed E-state index contributed by atoms with van der Waals surface area (Å²) in [6.07, 6.45) is 4.59. The van der Waals surface area contributed by atoms with Gasteiger partial charge < -0.3 is 9.88 Å². The summed E-state index contributed by atoms with van der Waals surface area (Å²) in [4.78, 5) is 10.4. The first-order chi connectivity index (χ1) is 14.4. The molecular formula is C19H23ClN6O2S2. The van der Waals surface area contributed by atoms with Gasteiger partial charge >= 0.3 is 10.2 Å². The van der Waals surface area contributed by atoms with Crippen LogP contribution in [0.4, 0.5) is 11.5 Å². The molecule has 8 nitrogen and oxygen atoms in total. The van der Waals surface area contributed by atoms with E-state index in [2.05, 4.69) is 38.2 Å². The van der Waals surface area contributed by atoms with E-state index in [9.17, 15) is 8.42 Å². The zero-order chi connectivity index (χ0) is 21.3. The molecule has 0 amide bonds. The molecule has 160 valence electrons. The minimum Gasteiger partial charge on any atom is -0.361 e. The van der Waals surface area contributed by atoms with Gasteiger partial charge in [0.15, 0.2) is 15.9 Å². The molecule has 0 aliphatic rings. The second-order valence-electron chi connectivity index (χ2n) is 6.87. The minimum atomic E-state index is -3.91. The number of thiazole rings is 1. The molecule has 0 unspecified atom stereocenters. The van der Waals surface area contributed by atoms with Crippen molar-refractivity contribution in [1.29, 1.82) is 0 Å². The highest BCUT2D eigenvalue weighted by Crippen LogP contribution is 2.28. The lowest BCUT2D eigenvalue weighted by Crippen LogP contribution is -2.25. The van der Waals surface area contributed by atoms with Crippen LogP contribution in [0.3, 0.4) is 0 Å². The molecule has 0 spiro atoms. The number of nitrogens with zero attached hydrogens (tertiary/aromatic N) is 3. The summed E-state index contributed by atoms with van der Waals surface area (Å²) >= 11 is 7.47. The van der Waals surface area contributed by atoms with Crippen LogP contribution in [0.25, 0.3) is 15.9 Å². The molecule has 30 heavy (non-hydrogen) atoms. The largest absolute Gasteiger partial charge is 0.361 e. The van der Waals surface area contributed by atoms with Gasteiger partial charge in [-0.2, -0.15) is 8.42 Å². The zero-order valence-corrected chi connectivity index (χ0v) is 19.0. The quantitative estimate of drug-likeness (QED) is 0.345. The SMILES string of the molecule is CCN(CC)CCc1c[nH]c2ccc(NS(=O)(=O)Nc3c(Cl)nc4sccn34)cc12. The van der Waals surface area contributed by atoms with Crippen LogP contribution in [0.5, 0.6) is 0 Å². The molecule has 0 saturated carbocycles. The Labute approximate surface area is 184 Å². The predicted octanol–water partition coefficient (Wildman–Crippen LogP) is 4.18. The van der Waals surface area contributed by atoms with Crippen LogP contribution < -0.4 is 9.44 Å². The van der Waals surface area contributed by atoms with Gasteiger partial charge in [0.2, 0.25) is 0 Å². The zero-order valence-electron chi connectivity index (χ0n) is 16.6. The van der Waals surface area contributed by atoms with Crippen LogP contribution >= 0.6 is 22.9 Å². The Morgan fingerprint density at radius 1 is 1.27 bits per heavy atom. The van der Waals surface area contributed by atoms with Crippen LogP contribution in [0.15, 0.2) is 36.0 Å². The molecule has 3 heterocycles. The van der Waals surface area contributed by atoms with Gasteiger partial charge in [-0.3, -0.25) is 9.12 Å². The summed E-state index contributed by atoms with van der Waals surface area (Å²) in [6.45, 7) is 7.26. The average Bonchev–Trinajstić information content (AvgIpc) is 3.39. The molecule has 3 aromatic heterocycles. The van der Waals surface area contributed by atoms with Gasteiger partial charge in [-0.15, -0.1) is 11.3 Å². The van der Waals surface area contributed by atoms with Crippen molar-refractivity contribution >= 4 is 60.5 Å². The van der Waals surface area contributed by atoms with E-state index >= 15 is 0 Å². The third kappa shape index (κ3) is 4.27. The van der Waals surface area contributed by atoms with Gasteiger partial charge in [0.05, 0.1) is 5.69 Å². The molecule has 0 atom stereocenters. The normalized spacial score (nSPS) is 12.3. The molecule has 11 heteroatoms. The molecule has 0 radical (unpaired) electrons. The standard InChI is InChI=1S/C19H23ClN6O2S2/c1-3-25(4-2)8-7-13-12-21-16-6-5-14(11-15(13)16)23-30(27,28)24-18-17(20)22-19-26(18)9-10-29-19/h5-6,9-12,21,23-24H,3-4,7-8H2,1-2H3. The fraction of sp³-hybridized carbons (Fsp3) is 0.316. The van der Waals surface area contributed by atoms with E-state index in [0.29, 0.717) is 10.6 Å². The van der Waals surface area contributed by atoms with Gasteiger partial charge in [0, 0.05) is 35.2 Å². The smallest absolute Gasteiger partial charge is 0.322 e. The number of anilines is 2. The number of benzene rings is 1. The Morgan fingerprint density at radius 2 is 2.07 bits per heavy atom.